The van der Waals surface area contributed by atoms with Crippen LogP contribution in [0.15, 0.2) is 47.6 Å². The van der Waals surface area contributed by atoms with E-state index in [-0.39, 0.29) is 54.8 Å². The Morgan fingerprint density at radius 1 is 0.866 bits per heavy atom. The molecule has 3 fully saturated rings. The minimum absolute atomic E-state index is 0.126. The third kappa shape index (κ3) is 15.2. The molecule has 0 aromatic rings. The largest absolute Gasteiger partial charge is 0.460 e. The number of aliphatic hydroxyl groups excluding tert-OH is 2. The summed E-state index contributed by atoms with van der Waals surface area (Å²) in [6, 6.07) is -1.06. The summed E-state index contributed by atoms with van der Waals surface area (Å²) in [5, 5.41) is 43.4. The molecule has 1 amide bonds. The molecule has 4 rings (SSSR count). The summed E-state index contributed by atoms with van der Waals surface area (Å²) < 4.78 is 36.4. The molecule has 3 aliphatic heterocycles. The number of ketones is 1. The highest BCUT2D eigenvalue weighted by Crippen LogP contribution is 2.38. The zero-order chi connectivity index (χ0) is 49.6. The maximum absolute atomic E-state index is 14.6. The van der Waals surface area contributed by atoms with Gasteiger partial charge in [-0.2, -0.15) is 0 Å². The molecule has 0 aromatic heterocycles. The van der Waals surface area contributed by atoms with Crippen molar-refractivity contribution in [1.82, 2.24) is 4.90 Å². The van der Waals surface area contributed by atoms with Gasteiger partial charge in [0.05, 0.1) is 30.5 Å². The normalized spacial score (nSPS) is 40.7. The topological polar surface area (TPSA) is 194 Å². The fourth-order valence-electron chi connectivity index (χ4n) is 10.7. The number of allylic oxidation sites excluding steroid dienone is 5. The molecular formula is C53H86N2O12. The molecule has 4 N–H and O–H groups in total. The van der Waals surface area contributed by atoms with Gasteiger partial charge in [0.15, 0.2) is 0 Å². The van der Waals surface area contributed by atoms with Gasteiger partial charge in [0.25, 0.3) is 11.7 Å². The molecule has 2 saturated heterocycles. The Morgan fingerprint density at radius 2 is 1.60 bits per heavy atom. The van der Waals surface area contributed by atoms with Crippen LogP contribution in [0.2, 0.25) is 0 Å². The molecular weight excluding hydrogens is 857 g/mol. The van der Waals surface area contributed by atoms with Crippen LogP contribution in [0.5, 0.6) is 0 Å². The average molecular weight is 943 g/mol. The Hall–Kier alpha value is -3.08. The highest BCUT2D eigenvalue weighted by molar-refractivity contribution is 6.39. The summed E-state index contributed by atoms with van der Waals surface area (Å²) in [7, 11) is 4.72. The van der Waals surface area contributed by atoms with Crippen LogP contribution in [0.3, 0.4) is 0 Å². The number of ether oxygens (including phenoxy) is 6. The monoisotopic (exact) mass is 943 g/mol. The van der Waals surface area contributed by atoms with Gasteiger partial charge >= 0.3 is 5.97 Å². The number of hydrogen-bond donors (Lipinski definition) is 4. The van der Waals surface area contributed by atoms with E-state index in [1.54, 1.807) is 21.1 Å². The molecule has 14 nitrogen and oxygen atoms in total. The first kappa shape index (κ1) is 56.5. The number of nitrogens with zero attached hydrogens (tertiary/aromatic N) is 1. The lowest BCUT2D eigenvalue weighted by Gasteiger charge is -2.43. The SMILES string of the molecule is CCO[C@@H]1C[C@@H]([C@H](C)C[C@@H]2CC[C@@H](O)[C@H](OC)C2)OC(=O)[C@@H]2CCCCN2C(=O)C(=O)[C@]2(O)O[C@@H](CC[C@H]2C)C[C@H](OC)/C(C)=C/C=C/C=C/[C@@H](C)C[C@@H](C)C(=N)[C@H](OC)[C@H](O)/C(C)=C/[C@H]1C. The summed E-state index contributed by atoms with van der Waals surface area (Å²) >= 11 is 0. The van der Waals surface area contributed by atoms with Gasteiger partial charge in [0, 0.05) is 64.9 Å². The lowest BCUT2D eigenvalue weighted by Crippen LogP contribution is -2.61. The Balaban J connectivity index is 1.74. The molecule has 380 valence electrons. The van der Waals surface area contributed by atoms with Gasteiger partial charge in [0.1, 0.15) is 24.4 Å². The molecule has 1 aliphatic carbocycles. The van der Waals surface area contributed by atoms with Crippen molar-refractivity contribution in [3.05, 3.63) is 47.6 Å². The molecule has 14 heteroatoms. The van der Waals surface area contributed by atoms with Gasteiger partial charge in [-0.3, -0.25) is 9.59 Å². The first-order valence-electron chi connectivity index (χ1n) is 25.1. The van der Waals surface area contributed by atoms with E-state index in [0.717, 1.165) is 12.0 Å². The number of Topliss-reactive ketones (excluding diaryl/α,β-unsaturated/α-hetero) is 1. The molecule has 1 saturated carbocycles. The third-order valence-corrected chi connectivity index (χ3v) is 15.1. The van der Waals surface area contributed by atoms with Crippen LogP contribution < -0.4 is 0 Å². The van der Waals surface area contributed by atoms with Crippen molar-refractivity contribution in [2.75, 3.05) is 34.5 Å². The predicted octanol–water partition coefficient (Wildman–Crippen LogP) is 7.47. The van der Waals surface area contributed by atoms with Gasteiger partial charge < -0.3 is 54.0 Å². The van der Waals surface area contributed by atoms with Gasteiger partial charge in [-0.05, 0) is 120 Å². The molecule has 4 aliphatic rings. The van der Waals surface area contributed by atoms with Crippen molar-refractivity contribution >= 4 is 23.4 Å². The average Bonchev–Trinajstić information content (AvgIpc) is 3.30. The molecule has 0 unspecified atom stereocenters. The molecule has 16 atom stereocenters. The van der Waals surface area contributed by atoms with Crippen LogP contribution in [0.25, 0.3) is 0 Å². The second kappa shape index (κ2) is 26.8. The minimum Gasteiger partial charge on any atom is -0.460 e. The number of amides is 1. The van der Waals surface area contributed by atoms with Crippen molar-refractivity contribution in [3.8, 4) is 0 Å². The van der Waals surface area contributed by atoms with E-state index in [1.807, 2.05) is 71.9 Å². The van der Waals surface area contributed by atoms with Crippen molar-refractivity contribution in [3.63, 3.8) is 0 Å². The summed E-state index contributed by atoms with van der Waals surface area (Å²) in [4.78, 5) is 44.5. The Bertz CT molecular complexity index is 1750. The standard InChI is InChI=1S/C53H86N2O12/c1-12-65-44-31-45(35(5)28-39-22-24-42(56)46(29-39)63-10)66-52(60)41-20-16-17-25-55(41)51(59)50(58)53(61)38(8)21-23-40(67-53)30-43(62-9)33(3)19-15-13-14-18-32(2)26-36(6)47(54)49(64-11)48(57)37(7)27-34(44)4/h13-15,18-19,27,32,34-36,38-46,48-49,54,56-57,61H,12,16-17,20-26,28-31H2,1-11H3/b15-13+,18-14+,33-19+,37-27+,54-47?/t32-,34-,35-,36-,38-,39+,40+,41+,42-,43+,44-,45+,46-,48-,49+,53-/m1/s1. The smallest absolute Gasteiger partial charge is 0.329 e. The molecule has 0 aromatic carbocycles. The van der Waals surface area contributed by atoms with Gasteiger partial charge in [0.2, 0.25) is 5.79 Å². The van der Waals surface area contributed by atoms with Gasteiger partial charge in [-0.1, -0.05) is 71.1 Å². The highest BCUT2D eigenvalue weighted by Gasteiger charge is 2.53. The van der Waals surface area contributed by atoms with Crippen molar-refractivity contribution in [2.24, 2.45) is 35.5 Å². The van der Waals surface area contributed by atoms with Crippen LogP contribution >= 0.6 is 0 Å². The Morgan fingerprint density at radius 3 is 2.27 bits per heavy atom. The van der Waals surface area contributed by atoms with E-state index in [4.69, 9.17) is 33.8 Å². The lowest BCUT2D eigenvalue weighted by atomic mass is 9.78. The van der Waals surface area contributed by atoms with E-state index in [2.05, 4.69) is 13.0 Å². The van der Waals surface area contributed by atoms with Crippen molar-refractivity contribution in [2.45, 2.75) is 193 Å². The summed E-state index contributed by atoms with van der Waals surface area (Å²) in [6.45, 7) is 16.0. The summed E-state index contributed by atoms with van der Waals surface area (Å²) in [5.74, 6) is -6.06. The molecule has 67 heavy (non-hydrogen) atoms. The Labute approximate surface area is 401 Å². The van der Waals surface area contributed by atoms with E-state index in [1.165, 1.54) is 12.0 Å². The second-order valence-corrected chi connectivity index (χ2v) is 20.3. The van der Waals surface area contributed by atoms with Crippen molar-refractivity contribution < 1.29 is 58.1 Å². The predicted molar refractivity (Wildman–Crippen MR) is 258 cm³/mol. The molecule has 2 bridgehead atoms. The fourth-order valence-corrected chi connectivity index (χ4v) is 10.7. The second-order valence-electron chi connectivity index (χ2n) is 20.3. The fraction of sp³-hybridized carbons (Fsp3) is 0.774. The van der Waals surface area contributed by atoms with E-state index in [0.29, 0.717) is 82.1 Å². The number of carbonyl (C=O) groups excluding carboxylic acids is 3. The quantitative estimate of drug-likeness (QED) is 0.107. The number of carbonyl (C=O) groups is 3. The lowest BCUT2D eigenvalue weighted by molar-refractivity contribution is -0.265. The first-order chi connectivity index (χ1) is 31.8. The van der Waals surface area contributed by atoms with Gasteiger partial charge in [-0.15, -0.1) is 0 Å². The van der Waals surface area contributed by atoms with Crippen LogP contribution in [-0.2, 0) is 42.8 Å². The molecule has 0 radical (unpaired) electrons. The number of esters is 1. The number of cyclic esters (lactones) is 1. The number of rotatable bonds is 8. The van der Waals surface area contributed by atoms with Crippen LogP contribution in [-0.4, -0.2) is 139 Å². The van der Waals surface area contributed by atoms with Gasteiger partial charge in [-0.25, -0.2) is 4.79 Å². The zero-order valence-electron chi connectivity index (χ0n) is 42.5. The number of aliphatic hydroxyl groups is 3. The van der Waals surface area contributed by atoms with E-state index < -0.39 is 72.0 Å². The number of fused-ring (bicyclic) bond motifs is 3. The van der Waals surface area contributed by atoms with E-state index >= 15 is 0 Å². The van der Waals surface area contributed by atoms with Crippen LogP contribution in [0.1, 0.15) is 132 Å². The molecule has 0 spiro atoms. The number of methoxy groups -OCH3 is 3. The zero-order valence-corrected chi connectivity index (χ0v) is 42.5. The minimum atomic E-state index is -2.39. The summed E-state index contributed by atoms with van der Waals surface area (Å²) in [6.07, 6.45) is 13.4. The third-order valence-electron chi connectivity index (χ3n) is 15.1. The number of nitrogens with one attached hydrogen (secondary N) is 1. The molecule has 3 heterocycles. The maximum atomic E-state index is 14.6. The number of hydrogen-bond acceptors (Lipinski definition) is 13. The van der Waals surface area contributed by atoms with Crippen LogP contribution in [0.4, 0.5) is 0 Å². The highest BCUT2D eigenvalue weighted by atomic mass is 16.6. The van der Waals surface area contributed by atoms with Crippen molar-refractivity contribution in [1.29, 1.82) is 5.41 Å². The first-order valence-corrected chi connectivity index (χ1v) is 25.1. The number of piperidine rings is 1. The van der Waals surface area contributed by atoms with Crippen LogP contribution in [0, 0.1) is 40.9 Å². The summed E-state index contributed by atoms with van der Waals surface area (Å²) in [5.41, 5.74) is 1.84. The Kier molecular flexibility index (Phi) is 22.6. The van der Waals surface area contributed by atoms with E-state index in [9.17, 15) is 29.7 Å². The maximum Gasteiger partial charge on any atom is 0.329 e.